The van der Waals surface area contributed by atoms with E-state index in [1.54, 1.807) is 0 Å². The molecule has 1 aliphatic rings. The molecule has 0 radical (unpaired) electrons. The Balaban J connectivity index is 0.00000289. The van der Waals surface area contributed by atoms with Crippen molar-refractivity contribution in [3.63, 3.8) is 0 Å². The van der Waals surface area contributed by atoms with Crippen molar-refractivity contribution >= 4 is 0 Å². The molecule has 18 heavy (non-hydrogen) atoms. The summed E-state index contributed by atoms with van der Waals surface area (Å²) in [5.41, 5.74) is 0. The molecule has 110 valence electrons. The van der Waals surface area contributed by atoms with E-state index in [1.807, 2.05) is 0 Å². The van der Waals surface area contributed by atoms with E-state index in [4.69, 9.17) is 0 Å². The number of nitrogens with zero attached hydrogens (tertiary/aromatic N) is 1. The lowest BCUT2D eigenvalue weighted by atomic mass is 9.85. The minimum Gasteiger partial charge on any atom is -0.304 e. The third kappa shape index (κ3) is 3.98. The van der Waals surface area contributed by atoms with Gasteiger partial charge in [-0.05, 0) is 62.1 Å². The zero-order chi connectivity index (χ0) is 13.0. The molecule has 0 aromatic carbocycles. The summed E-state index contributed by atoms with van der Waals surface area (Å²) in [6.07, 6.45) is 2.83. The van der Waals surface area contributed by atoms with Gasteiger partial charge >= 0.3 is 0 Å². The molecule has 0 N–H and O–H groups in total. The van der Waals surface area contributed by atoms with Crippen molar-refractivity contribution in [2.24, 2.45) is 29.6 Å². The summed E-state index contributed by atoms with van der Waals surface area (Å²) in [4.78, 5) is 2.55. The van der Waals surface area contributed by atoms with E-state index in [0.717, 1.165) is 29.6 Å². The molecule has 0 aromatic heterocycles. The van der Waals surface area contributed by atoms with E-state index in [-0.39, 0.29) is 7.43 Å². The zero-order valence-corrected chi connectivity index (χ0v) is 12.9. The van der Waals surface area contributed by atoms with E-state index in [2.05, 4.69) is 46.4 Å². The summed E-state index contributed by atoms with van der Waals surface area (Å²) in [5, 5.41) is 0. The fourth-order valence-electron chi connectivity index (χ4n) is 3.83. The predicted molar refractivity (Wildman–Crippen MR) is 83.9 cm³/mol. The van der Waals surface area contributed by atoms with Crippen LogP contribution in [-0.2, 0) is 0 Å². The topological polar surface area (TPSA) is 3.24 Å². The molecule has 1 fully saturated rings. The average Bonchev–Trinajstić information content (AvgIpc) is 2.51. The maximum atomic E-state index is 2.55. The largest absolute Gasteiger partial charge is 0.304 e. The van der Waals surface area contributed by atoms with Gasteiger partial charge in [-0.15, -0.1) is 0 Å². The highest BCUT2D eigenvalue weighted by Gasteiger charge is 2.40. The first-order chi connectivity index (χ1) is 8.02. The van der Waals surface area contributed by atoms with Crippen LogP contribution in [-0.4, -0.2) is 24.5 Å². The van der Waals surface area contributed by atoms with Crippen LogP contribution < -0.4 is 0 Å². The van der Waals surface area contributed by atoms with Gasteiger partial charge in [-0.1, -0.05) is 49.0 Å². The van der Waals surface area contributed by atoms with Gasteiger partial charge in [0, 0.05) is 0 Å². The summed E-state index contributed by atoms with van der Waals surface area (Å²) >= 11 is 0. The van der Waals surface area contributed by atoms with Crippen LogP contribution in [0.2, 0.25) is 0 Å². The molecule has 4 atom stereocenters. The monoisotopic (exact) mass is 255 g/mol. The van der Waals surface area contributed by atoms with E-state index < -0.39 is 0 Å². The molecule has 0 aliphatic heterocycles. The van der Waals surface area contributed by atoms with Crippen LogP contribution in [0.15, 0.2) is 0 Å². The first-order valence-electron chi connectivity index (χ1n) is 7.75. The van der Waals surface area contributed by atoms with Gasteiger partial charge in [0.1, 0.15) is 0 Å². The molecule has 0 saturated heterocycles. The highest BCUT2D eigenvalue weighted by atomic mass is 15.1. The minimum absolute atomic E-state index is 0. The van der Waals surface area contributed by atoms with Crippen LogP contribution in [0.1, 0.15) is 61.8 Å². The van der Waals surface area contributed by atoms with Crippen LogP contribution in [0.4, 0.5) is 0 Å². The summed E-state index contributed by atoms with van der Waals surface area (Å²) in [7, 11) is 0. The number of rotatable bonds is 6. The quantitative estimate of drug-likeness (QED) is 0.651. The van der Waals surface area contributed by atoms with Gasteiger partial charge in [0.05, 0.1) is 0 Å². The van der Waals surface area contributed by atoms with Crippen molar-refractivity contribution in [2.45, 2.75) is 61.8 Å². The first-order valence-corrected chi connectivity index (χ1v) is 7.75. The van der Waals surface area contributed by atoms with Crippen LogP contribution in [0.25, 0.3) is 0 Å². The highest BCUT2D eigenvalue weighted by Crippen LogP contribution is 2.47. The third-order valence-corrected chi connectivity index (χ3v) is 5.74. The molecule has 1 aliphatic carbocycles. The Bertz CT molecular complexity index is 196. The standard InChI is InChI=1S/C16H33N.CH4/c1-7-17(8-2)11-9-10-16-14(5)12(3)13(4)15(16)6;/h12-16H,7-11H2,1-6H3;1H4. The zero-order valence-electron chi connectivity index (χ0n) is 12.9. The van der Waals surface area contributed by atoms with Crippen molar-refractivity contribution in [1.82, 2.24) is 4.90 Å². The molecule has 0 bridgehead atoms. The van der Waals surface area contributed by atoms with E-state index in [1.165, 1.54) is 32.5 Å². The predicted octanol–water partition coefficient (Wildman–Crippen LogP) is 4.92. The normalized spacial score (nSPS) is 35.8. The van der Waals surface area contributed by atoms with Gasteiger partial charge in [0.25, 0.3) is 0 Å². The second-order valence-electron chi connectivity index (χ2n) is 6.27. The smallest absolute Gasteiger partial charge is 0.00189 e. The maximum Gasteiger partial charge on any atom is -0.00189 e. The highest BCUT2D eigenvalue weighted by molar-refractivity contribution is 4.89. The lowest BCUT2D eigenvalue weighted by Gasteiger charge is -2.23. The lowest BCUT2D eigenvalue weighted by Crippen LogP contribution is -2.25. The average molecular weight is 255 g/mol. The maximum absolute atomic E-state index is 2.55. The Kier molecular flexibility index (Phi) is 8.18. The Morgan fingerprint density at radius 2 is 1.22 bits per heavy atom. The van der Waals surface area contributed by atoms with Gasteiger partial charge in [-0.3, -0.25) is 0 Å². The van der Waals surface area contributed by atoms with Crippen LogP contribution in [0, 0.1) is 29.6 Å². The molecule has 1 rings (SSSR count). The Morgan fingerprint density at radius 3 is 1.61 bits per heavy atom. The van der Waals surface area contributed by atoms with E-state index in [0.29, 0.717) is 0 Å². The van der Waals surface area contributed by atoms with Crippen molar-refractivity contribution in [3.05, 3.63) is 0 Å². The van der Waals surface area contributed by atoms with Crippen molar-refractivity contribution in [2.75, 3.05) is 19.6 Å². The third-order valence-electron chi connectivity index (χ3n) is 5.74. The van der Waals surface area contributed by atoms with Gasteiger partial charge < -0.3 is 4.90 Å². The first kappa shape index (κ1) is 18.0. The number of hydrogen-bond acceptors (Lipinski definition) is 1. The molecule has 0 amide bonds. The fraction of sp³-hybridized carbons (Fsp3) is 1.00. The summed E-state index contributed by atoms with van der Waals surface area (Å²) < 4.78 is 0. The van der Waals surface area contributed by atoms with Gasteiger partial charge in [0.2, 0.25) is 0 Å². The molecular formula is C17H37N. The molecule has 4 unspecified atom stereocenters. The Morgan fingerprint density at radius 1 is 0.778 bits per heavy atom. The molecular weight excluding hydrogens is 218 g/mol. The summed E-state index contributed by atoms with van der Waals surface area (Å²) in [6, 6.07) is 0. The van der Waals surface area contributed by atoms with Gasteiger partial charge in [0.15, 0.2) is 0 Å². The second-order valence-corrected chi connectivity index (χ2v) is 6.27. The Hall–Kier alpha value is -0.0400. The molecule has 1 saturated carbocycles. The molecule has 1 heteroatoms. The molecule has 0 heterocycles. The number of hydrogen-bond donors (Lipinski definition) is 0. The molecule has 0 spiro atoms. The van der Waals surface area contributed by atoms with Crippen LogP contribution >= 0.6 is 0 Å². The summed E-state index contributed by atoms with van der Waals surface area (Å²) in [5.74, 6) is 4.66. The van der Waals surface area contributed by atoms with E-state index in [9.17, 15) is 0 Å². The van der Waals surface area contributed by atoms with Crippen molar-refractivity contribution < 1.29 is 0 Å². The second kappa shape index (κ2) is 8.19. The SMILES string of the molecule is C.CCN(CC)CCCC1C(C)C(C)C(C)C1C. The van der Waals surface area contributed by atoms with Crippen LogP contribution in [0.5, 0.6) is 0 Å². The lowest BCUT2D eigenvalue weighted by molar-refractivity contribution is 0.250. The summed E-state index contributed by atoms with van der Waals surface area (Å²) in [6.45, 7) is 18.1. The molecule has 0 aromatic rings. The van der Waals surface area contributed by atoms with Crippen molar-refractivity contribution in [1.29, 1.82) is 0 Å². The Labute approximate surface area is 116 Å². The van der Waals surface area contributed by atoms with Gasteiger partial charge in [-0.2, -0.15) is 0 Å². The fourth-order valence-corrected chi connectivity index (χ4v) is 3.83. The van der Waals surface area contributed by atoms with Crippen LogP contribution in [0.3, 0.4) is 0 Å². The van der Waals surface area contributed by atoms with Crippen molar-refractivity contribution in [3.8, 4) is 0 Å². The molecule has 1 nitrogen and oxygen atoms in total. The minimum atomic E-state index is 0. The van der Waals surface area contributed by atoms with Gasteiger partial charge in [-0.25, -0.2) is 0 Å². The van der Waals surface area contributed by atoms with E-state index >= 15 is 0 Å².